The zero-order chi connectivity index (χ0) is 13.3. The second-order valence-corrected chi connectivity index (χ2v) is 7.01. The molecule has 4 heteroatoms. The van der Waals surface area contributed by atoms with E-state index in [1.807, 2.05) is 20.8 Å². The number of phenols is 1. The average molecular weight is 254 g/mol. The predicted octanol–water partition coefficient (Wildman–Crippen LogP) is 2.65. The molecule has 1 aromatic rings. The van der Waals surface area contributed by atoms with Crippen molar-refractivity contribution in [1.82, 2.24) is 0 Å². The molecule has 0 saturated heterocycles. The van der Waals surface area contributed by atoms with Crippen LogP contribution in [-0.2, 0) is 15.3 Å². The van der Waals surface area contributed by atoms with Crippen molar-refractivity contribution in [2.45, 2.75) is 31.1 Å². The van der Waals surface area contributed by atoms with Crippen LogP contribution in [0, 0.1) is 0 Å². The van der Waals surface area contributed by atoms with Crippen LogP contribution in [0.2, 0.25) is 0 Å². The van der Waals surface area contributed by atoms with E-state index in [1.165, 1.54) is 18.2 Å². The third-order valence-corrected chi connectivity index (χ3v) is 4.17. The minimum atomic E-state index is -3.49. The molecule has 0 aromatic heterocycles. The first-order valence-corrected chi connectivity index (χ1v) is 7.01. The van der Waals surface area contributed by atoms with Crippen molar-refractivity contribution in [2.24, 2.45) is 0 Å². The number of rotatable bonds is 3. The van der Waals surface area contributed by atoms with Gasteiger partial charge in [-0.25, -0.2) is 8.42 Å². The number of hydrogen-bond donors (Lipinski definition) is 1. The van der Waals surface area contributed by atoms with Gasteiger partial charge in [0.05, 0.1) is 5.75 Å². The quantitative estimate of drug-likeness (QED) is 0.844. The van der Waals surface area contributed by atoms with Gasteiger partial charge in [-0.2, -0.15) is 0 Å². The van der Waals surface area contributed by atoms with E-state index in [2.05, 4.69) is 6.58 Å². The van der Waals surface area contributed by atoms with Gasteiger partial charge in [-0.15, -0.1) is 6.58 Å². The van der Waals surface area contributed by atoms with Crippen molar-refractivity contribution >= 4 is 9.84 Å². The zero-order valence-electron chi connectivity index (χ0n) is 10.4. The van der Waals surface area contributed by atoms with Crippen molar-refractivity contribution in [3.8, 4) is 5.75 Å². The minimum Gasteiger partial charge on any atom is -0.507 e. The molecule has 0 radical (unpaired) electrons. The van der Waals surface area contributed by atoms with Gasteiger partial charge < -0.3 is 5.11 Å². The summed E-state index contributed by atoms with van der Waals surface area (Å²) in [5.74, 6) is -0.381. The largest absolute Gasteiger partial charge is 0.507 e. The third kappa shape index (κ3) is 3.09. The molecule has 0 heterocycles. The second-order valence-electron chi connectivity index (χ2n) is 5.00. The summed E-state index contributed by atoms with van der Waals surface area (Å²) in [5, 5.41) is 9.65. The van der Waals surface area contributed by atoms with Crippen LogP contribution in [-0.4, -0.2) is 19.3 Å². The Hall–Kier alpha value is -1.29. The van der Waals surface area contributed by atoms with Crippen LogP contribution in [0.5, 0.6) is 5.75 Å². The van der Waals surface area contributed by atoms with Gasteiger partial charge in [-0.3, -0.25) is 0 Å². The van der Waals surface area contributed by atoms with Crippen LogP contribution < -0.4 is 0 Å². The summed E-state index contributed by atoms with van der Waals surface area (Å²) in [6.45, 7) is 9.38. The summed E-state index contributed by atoms with van der Waals surface area (Å²) < 4.78 is 23.8. The molecular weight excluding hydrogens is 236 g/mol. The molecule has 0 aliphatic carbocycles. The lowest BCUT2D eigenvalue weighted by Crippen LogP contribution is -2.13. The molecule has 0 saturated carbocycles. The van der Waals surface area contributed by atoms with E-state index in [4.69, 9.17) is 0 Å². The Bertz CT molecular complexity index is 522. The normalized spacial score (nSPS) is 12.4. The molecule has 1 N–H and O–H groups in total. The molecular formula is C13H18O3S. The summed E-state index contributed by atoms with van der Waals surface area (Å²) >= 11 is 0. The monoisotopic (exact) mass is 254 g/mol. The lowest BCUT2D eigenvalue weighted by atomic mass is 9.87. The minimum absolute atomic E-state index is 0.0233. The predicted molar refractivity (Wildman–Crippen MR) is 69.1 cm³/mol. The van der Waals surface area contributed by atoms with E-state index in [9.17, 15) is 13.5 Å². The summed E-state index contributed by atoms with van der Waals surface area (Å²) in [6, 6.07) is 4.70. The van der Waals surface area contributed by atoms with Crippen LogP contribution in [0.25, 0.3) is 0 Å². The standard InChI is InChI=1S/C13H18O3S/c1-5-8-17(15,16)12-9-10(13(2,3)4)6-7-11(12)14/h5-7,9,14H,1,8H2,2-4H3. The van der Waals surface area contributed by atoms with Gasteiger partial charge in [0.25, 0.3) is 0 Å². The van der Waals surface area contributed by atoms with E-state index in [0.717, 1.165) is 5.56 Å². The van der Waals surface area contributed by atoms with Crippen LogP contribution in [0.3, 0.4) is 0 Å². The van der Waals surface area contributed by atoms with Gasteiger partial charge in [0.2, 0.25) is 0 Å². The highest BCUT2D eigenvalue weighted by Crippen LogP contribution is 2.30. The Labute approximate surface area is 103 Å². The fourth-order valence-corrected chi connectivity index (χ4v) is 2.66. The van der Waals surface area contributed by atoms with E-state index in [0.29, 0.717) is 0 Å². The van der Waals surface area contributed by atoms with Crippen molar-refractivity contribution < 1.29 is 13.5 Å². The van der Waals surface area contributed by atoms with E-state index in [1.54, 1.807) is 6.07 Å². The molecule has 0 fully saturated rings. The highest BCUT2D eigenvalue weighted by molar-refractivity contribution is 7.91. The molecule has 0 aliphatic rings. The van der Waals surface area contributed by atoms with Crippen molar-refractivity contribution in [2.75, 3.05) is 5.75 Å². The molecule has 3 nitrogen and oxygen atoms in total. The molecule has 0 bridgehead atoms. The van der Waals surface area contributed by atoms with Crippen molar-refractivity contribution in [3.63, 3.8) is 0 Å². The highest BCUT2D eigenvalue weighted by Gasteiger charge is 2.21. The van der Waals surface area contributed by atoms with Gasteiger partial charge in [0.15, 0.2) is 9.84 Å². The summed E-state index contributed by atoms with van der Waals surface area (Å²) in [6.07, 6.45) is 1.32. The van der Waals surface area contributed by atoms with Gasteiger partial charge in [-0.05, 0) is 23.1 Å². The van der Waals surface area contributed by atoms with Gasteiger partial charge in [0, 0.05) is 0 Å². The van der Waals surface area contributed by atoms with E-state index >= 15 is 0 Å². The fraction of sp³-hybridized carbons (Fsp3) is 0.385. The van der Waals surface area contributed by atoms with Crippen LogP contribution in [0.4, 0.5) is 0 Å². The molecule has 0 atom stereocenters. The van der Waals surface area contributed by atoms with Crippen molar-refractivity contribution in [3.05, 3.63) is 36.4 Å². The van der Waals surface area contributed by atoms with Gasteiger partial charge >= 0.3 is 0 Å². The number of aromatic hydroxyl groups is 1. The third-order valence-electron chi connectivity index (χ3n) is 2.50. The fourth-order valence-electron chi connectivity index (χ4n) is 1.47. The first-order valence-electron chi connectivity index (χ1n) is 5.35. The summed E-state index contributed by atoms with van der Waals surface area (Å²) in [5.41, 5.74) is 0.713. The lowest BCUT2D eigenvalue weighted by molar-refractivity contribution is 0.457. The van der Waals surface area contributed by atoms with Crippen LogP contribution >= 0.6 is 0 Å². The van der Waals surface area contributed by atoms with E-state index < -0.39 is 9.84 Å². The van der Waals surface area contributed by atoms with Crippen LogP contribution in [0.1, 0.15) is 26.3 Å². The molecule has 0 amide bonds. The molecule has 1 aromatic carbocycles. The number of benzene rings is 1. The Kier molecular flexibility index (Phi) is 3.67. The molecule has 0 unspecified atom stereocenters. The Morgan fingerprint density at radius 2 is 1.94 bits per heavy atom. The smallest absolute Gasteiger partial charge is 0.185 e. The van der Waals surface area contributed by atoms with E-state index in [-0.39, 0.29) is 21.8 Å². The van der Waals surface area contributed by atoms with Crippen molar-refractivity contribution in [1.29, 1.82) is 0 Å². The number of sulfone groups is 1. The summed E-state index contributed by atoms with van der Waals surface area (Å²) in [7, 11) is -3.49. The molecule has 0 spiro atoms. The Morgan fingerprint density at radius 1 is 1.35 bits per heavy atom. The maximum atomic E-state index is 11.9. The molecule has 0 aliphatic heterocycles. The first kappa shape index (κ1) is 13.8. The molecule has 17 heavy (non-hydrogen) atoms. The lowest BCUT2D eigenvalue weighted by Gasteiger charge is -2.20. The van der Waals surface area contributed by atoms with Crippen LogP contribution in [0.15, 0.2) is 35.7 Å². The average Bonchev–Trinajstić information content (AvgIpc) is 2.15. The summed E-state index contributed by atoms with van der Waals surface area (Å²) in [4.78, 5) is -0.0233. The highest BCUT2D eigenvalue weighted by atomic mass is 32.2. The number of phenolic OH excluding ortho intramolecular Hbond substituents is 1. The maximum Gasteiger partial charge on any atom is 0.185 e. The Morgan fingerprint density at radius 3 is 2.41 bits per heavy atom. The number of hydrogen-bond acceptors (Lipinski definition) is 3. The zero-order valence-corrected chi connectivity index (χ0v) is 11.2. The molecule has 94 valence electrons. The maximum absolute atomic E-state index is 11.9. The molecule has 1 rings (SSSR count). The van der Waals surface area contributed by atoms with Gasteiger partial charge in [0.1, 0.15) is 10.6 Å². The Balaban J connectivity index is 3.39. The topological polar surface area (TPSA) is 54.4 Å². The SMILES string of the molecule is C=CCS(=O)(=O)c1cc(C(C)(C)C)ccc1O. The first-order chi connectivity index (χ1) is 7.68. The van der Waals surface area contributed by atoms with Gasteiger partial charge in [-0.1, -0.05) is 32.9 Å². The second kappa shape index (κ2) is 4.53.